The molecule has 0 saturated heterocycles. The number of benzene rings is 1. The predicted molar refractivity (Wildman–Crippen MR) is 78.6 cm³/mol. The Hall–Kier alpha value is -2.70. The number of nitrogens with zero attached hydrogens (tertiary/aromatic N) is 2. The molecule has 1 heterocycles. The molecule has 0 aliphatic carbocycles. The number of aromatic nitrogens is 2. The molecule has 1 aromatic heterocycles. The molecule has 0 unspecified atom stereocenters. The smallest absolute Gasteiger partial charge is 0.228 e. The van der Waals surface area contributed by atoms with Crippen LogP contribution in [0.1, 0.15) is 11.3 Å². The Balaban J connectivity index is 2.45. The van der Waals surface area contributed by atoms with Crippen LogP contribution in [0, 0.1) is 12.3 Å². The normalized spacial score (nSPS) is 10.3. The standard InChI is InChI=1S/C14H18N4O3/c1-8-12(13(15)16)14(18(2)17-8)21-11-6-9(19-3)5-10(7-11)20-4/h5-7H,1-4H3,(H3,15,16). The maximum Gasteiger partial charge on any atom is 0.228 e. The van der Waals surface area contributed by atoms with Gasteiger partial charge in [-0.2, -0.15) is 5.10 Å². The average molecular weight is 290 g/mol. The predicted octanol–water partition coefficient (Wildman–Crippen LogP) is 1.82. The van der Waals surface area contributed by atoms with Gasteiger partial charge in [0, 0.05) is 25.2 Å². The van der Waals surface area contributed by atoms with Crippen molar-refractivity contribution in [1.29, 1.82) is 5.41 Å². The van der Waals surface area contributed by atoms with Crippen molar-refractivity contribution < 1.29 is 14.2 Å². The highest BCUT2D eigenvalue weighted by molar-refractivity contribution is 5.98. The Morgan fingerprint density at radius 1 is 1.14 bits per heavy atom. The Kier molecular flexibility index (Phi) is 4.02. The van der Waals surface area contributed by atoms with Crippen LogP contribution in [0.2, 0.25) is 0 Å². The van der Waals surface area contributed by atoms with Crippen LogP contribution in [0.15, 0.2) is 18.2 Å². The summed E-state index contributed by atoms with van der Waals surface area (Å²) in [4.78, 5) is 0. The SMILES string of the molecule is COc1cc(OC)cc(Oc2c(C(=N)N)c(C)nn2C)c1. The molecule has 0 radical (unpaired) electrons. The van der Waals surface area contributed by atoms with E-state index < -0.39 is 0 Å². The van der Waals surface area contributed by atoms with Gasteiger partial charge in [0.25, 0.3) is 0 Å². The first-order chi connectivity index (χ1) is 9.96. The number of nitrogen functional groups attached to an aromatic ring is 1. The minimum absolute atomic E-state index is 0.0922. The van der Waals surface area contributed by atoms with Gasteiger partial charge in [-0.05, 0) is 6.92 Å². The molecule has 7 heteroatoms. The van der Waals surface area contributed by atoms with Gasteiger partial charge in [-0.3, -0.25) is 5.41 Å². The van der Waals surface area contributed by atoms with Crippen LogP contribution >= 0.6 is 0 Å². The quantitative estimate of drug-likeness (QED) is 0.647. The summed E-state index contributed by atoms with van der Waals surface area (Å²) >= 11 is 0. The summed E-state index contributed by atoms with van der Waals surface area (Å²) in [5.74, 6) is 2.03. The topological polar surface area (TPSA) is 95.4 Å². The van der Waals surface area contributed by atoms with E-state index in [1.54, 1.807) is 46.4 Å². The molecule has 0 fully saturated rings. The van der Waals surface area contributed by atoms with Crippen molar-refractivity contribution in [3.05, 3.63) is 29.5 Å². The second-order valence-electron chi connectivity index (χ2n) is 4.45. The molecule has 0 saturated carbocycles. The molecule has 112 valence electrons. The highest BCUT2D eigenvalue weighted by atomic mass is 16.5. The number of ether oxygens (including phenoxy) is 3. The maximum atomic E-state index is 7.65. The molecule has 0 spiro atoms. The number of rotatable bonds is 5. The van der Waals surface area contributed by atoms with E-state index in [1.807, 2.05) is 0 Å². The lowest BCUT2D eigenvalue weighted by Gasteiger charge is -2.11. The second kappa shape index (κ2) is 5.74. The minimum atomic E-state index is -0.0922. The molecule has 0 amide bonds. The van der Waals surface area contributed by atoms with Crippen LogP contribution in [0.25, 0.3) is 0 Å². The third-order valence-electron chi connectivity index (χ3n) is 2.98. The van der Waals surface area contributed by atoms with Crippen molar-refractivity contribution in [2.75, 3.05) is 14.2 Å². The first-order valence-corrected chi connectivity index (χ1v) is 6.25. The molecular weight excluding hydrogens is 272 g/mol. The van der Waals surface area contributed by atoms with Gasteiger partial charge in [-0.1, -0.05) is 0 Å². The molecule has 3 N–H and O–H groups in total. The first kappa shape index (κ1) is 14.7. The van der Waals surface area contributed by atoms with Crippen molar-refractivity contribution in [3.8, 4) is 23.1 Å². The average Bonchev–Trinajstić information content (AvgIpc) is 2.72. The molecule has 0 aliphatic heterocycles. The van der Waals surface area contributed by atoms with Crippen molar-refractivity contribution >= 4 is 5.84 Å². The third kappa shape index (κ3) is 2.91. The third-order valence-corrected chi connectivity index (χ3v) is 2.98. The zero-order valence-electron chi connectivity index (χ0n) is 12.4. The van der Waals surface area contributed by atoms with Gasteiger partial charge in [-0.15, -0.1) is 0 Å². The molecular formula is C14H18N4O3. The number of nitrogens with one attached hydrogen (secondary N) is 1. The zero-order valence-corrected chi connectivity index (χ0v) is 12.4. The van der Waals surface area contributed by atoms with Gasteiger partial charge >= 0.3 is 0 Å². The number of methoxy groups -OCH3 is 2. The number of nitrogens with two attached hydrogens (primary N) is 1. The van der Waals surface area contributed by atoms with Crippen LogP contribution < -0.4 is 19.9 Å². The summed E-state index contributed by atoms with van der Waals surface area (Å²) in [6.07, 6.45) is 0. The van der Waals surface area contributed by atoms with Crippen LogP contribution in [0.3, 0.4) is 0 Å². The van der Waals surface area contributed by atoms with Crippen molar-refractivity contribution in [2.24, 2.45) is 12.8 Å². The Morgan fingerprint density at radius 3 is 2.14 bits per heavy atom. The van der Waals surface area contributed by atoms with Crippen molar-refractivity contribution in [3.63, 3.8) is 0 Å². The Morgan fingerprint density at radius 2 is 1.67 bits per heavy atom. The summed E-state index contributed by atoms with van der Waals surface area (Å²) in [6, 6.07) is 5.18. The summed E-state index contributed by atoms with van der Waals surface area (Å²) in [5.41, 5.74) is 6.70. The number of aryl methyl sites for hydroxylation is 2. The van der Waals surface area contributed by atoms with Gasteiger partial charge < -0.3 is 19.9 Å². The Labute approximate surface area is 122 Å². The fraction of sp³-hybridized carbons (Fsp3) is 0.286. The van der Waals surface area contributed by atoms with Gasteiger partial charge in [0.05, 0.1) is 19.9 Å². The van der Waals surface area contributed by atoms with E-state index in [2.05, 4.69) is 5.10 Å². The van der Waals surface area contributed by atoms with E-state index in [0.717, 1.165) is 0 Å². The molecule has 1 aromatic carbocycles. The lowest BCUT2D eigenvalue weighted by atomic mass is 10.2. The number of hydrogen-bond donors (Lipinski definition) is 2. The number of amidine groups is 1. The van der Waals surface area contributed by atoms with Gasteiger partial charge in [0.15, 0.2) is 0 Å². The summed E-state index contributed by atoms with van der Waals surface area (Å²) in [5, 5.41) is 11.9. The maximum absolute atomic E-state index is 7.65. The van der Waals surface area contributed by atoms with E-state index in [4.69, 9.17) is 25.4 Å². The van der Waals surface area contributed by atoms with Crippen LogP contribution in [-0.2, 0) is 7.05 Å². The highest BCUT2D eigenvalue weighted by Crippen LogP contribution is 2.32. The van der Waals surface area contributed by atoms with E-state index in [1.165, 1.54) is 4.68 Å². The summed E-state index contributed by atoms with van der Waals surface area (Å²) in [7, 11) is 4.85. The monoisotopic (exact) mass is 290 g/mol. The fourth-order valence-electron chi connectivity index (χ4n) is 2.02. The lowest BCUT2D eigenvalue weighted by molar-refractivity contribution is 0.381. The van der Waals surface area contributed by atoms with Crippen LogP contribution in [-0.4, -0.2) is 29.8 Å². The van der Waals surface area contributed by atoms with Gasteiger partial charge in [0.1, 0.15) is 28.6 Å². The van der Waals surface area contributed by atoms with Crippen molar-refractivity contribution in [1.82, 2.24) is 9.78 Å². The van der Waals surface area contributed by atoms with Crippen LogP contribution in [0.4, 0.5) is 0 Å². The molecule has 2 rings (SSSR count). The molecule has 7 nitrogen and oxygen atoms in total. The van der Waals surface area contributed by atoms with E-state index in [-0.39, 0.29) is 5.84 Å². The van der Waals surface area contributed by atoms with Crippen LogP contribution in [0.5, 0.6) is 23.1 Å². The molecule has 0 aliphatic rings. The largest absolute Gasteiger partial charge is 0.496 e. The van der Waals surface area contributed by atoms with E-state index in [0.29, 0.717) is 34.4 Å². The Bertz CT molecular complexity index is 657. The summed E-state index contributed by atoms with van der Waals surface area (Å²) in [6.45, 7) is 1.77. The van der Waals surface area contributed by atoms with Gasteiger partial charge in [0.2, 0.25) is 5.88 Å². The molecule has 2 aromatic rings. The minimum Gasteiger partial charge on any atom is -0.496 e. The molecule has 21 heavy (non-hydrogen) atoms. The summed E-state index contributed by atoms with van der Waals surface area (Å²) < 4.78 is 17.8. The number of hydrogen-bond acceptors (Lipinski definition) is 5. The highest BCUT2D eigenvalue weighted by Gasteiger charge is 2.18. The van der Waals surface area contributed by atoms with E-state index >= 15 is 0 Å². The lowest BCUT2D eigenvalue weighted by Crippen LogP contribution is -2.13. The van der Waals surface area contributed by atoms with Gasteiger partial charge in [-0.25, -0.2) is 4.68 Å². The van der Waals surface area contributed by atoms with Crippen molar-refractivity contribution in [2.45, 2.75) is 6.92 Å². The zero-order chi connectivity index (χ0) is 15.6. The molecule has 0 bridgehead atoms. The van der Waals surface area contributed by atoms with E-state index in [9.17, 15) is 0 Å². The fourth-order valence-corrected chi connectivity index (χ4v) is 2.02. The molecule has 0 atom stereocenters. The second-order valence-corrected chi connectivity index (χ2v) is 4.45. The first-order valence-electron chi connectivity index (χ1n) is 6.25.